The van der Waals surface area contributed by atoms with Crippen molar-refractivity contribution < 1.29 is 17.9 Å². The molecular formula is C17H20N2O4S. The predicted octanol–water partition coefficient (Wildman–Crippen LogP) is 2.94. The standard InChI is InChI=1S/C17H20N2O4S/c1-11-8-9-16(23-3)15(10-11)18-17(20)13-6-5-7-14(12(13)2)19-24(4,21)22/h5-10,19H,1-4H3,(H,18,20). The molecule has 128 valence electrons. The first-order valence-corrected chi connectivity index (χ1v) is 9.14. The molecule has 0 heterocycles. The fourth-order valence-electron chi connectivity index (χ4n) is 2.30. The Morgan fingerprint density at radius 1 is 1.08 bits per heavy atom. The lowest BCUT2D eigenvalue weighted by Crippen LogP contribution is -2.16. The van der Waals surface area contributed by atoms with Gasteiger partial charge in [0.25, 0.3) is 5.91 Å². The monoisotopic (exact) mass is 348 g/mol. The molecular weight excluding hydrogens is 328 g/mol. The van der Waals surface area contributed by atoms with E-state index in [-0.39, 0.29) is 5.91 Å². The van der Waals surface area contributed by atoms with Crippen molar-refractivity contribution in [3.05, 3.63) is 53.1 Å². The Morgan fingerprint density at radius 2 is 1.79 bits per heavy atom. The van der Waals surface area contributed by atoms with Crippen molar-refractivity contribution in [2.45, 2.75) is 13.8 Å². The minimum absolute atomic E-state index is 0.339. The topological polar surface area (TPSA) is 84.5 Å². The molecule has 7 heteroatoms. The number of methoxy groups -OCH3 is 1. The lowest BCUT2D eigenvalue weighted by molar-refractivity contribution is 0.102. The summed E-state index contributed by atoms with van der Waals surface area (Å²) >= 11 is 0. The molecule has 0 saturated heterocycles. The second-order valence-electron chi connectivity index (χ2n) is 5.51. The van der Waals surface area contributed by atoms with Gasteiger partial charge in [0.15, 0.2) is 0 Å². The third kappa shape index (κ3) is 4.26. The summed E-state index contributed by atoms with van der Waals surface area (Å²) in [6.45, 7) is 3.60. The molecule has 1 amide bonds. The fourth-order valence-corrected chi connectivity index (χ4v) is 2.92. The second-order valence-corrected chi connectivity index (χ2v) is 7.26. The van der Waals surface area contributed by atoms with Gasteiger partial charge in [-0.2, -0.15) is 0 Å². The lowest BCUT2D eigenvalue weighted by atomic mass is 10.1. The molecule has 2 aromatic rings. The largest absolute Gasteiger partial charge is 0.495 e. The summed E-state index contributed by atoms with van der Waals surface area (Å²) in [6.07, 6.45) is 1.07. The molecule has 2 aromatic carbocycles. The van der Waals surface area contributed by atoms with Gasteiger partial charge < -0.3 is 10.1 Å². The Hall–Kier alpha value is -2.54. The summed E-state index contributed by atoms with van der Waals surface area (Å²) < 4.78 is 30.5. The maximum absolute atomic E-state index is 12.6. The summed E-state index contributed by atoms with van der Waals surface area (Å²) in [7, 11) is -1.89. The van der Waals surface area contributed by atoms with Crippen LogP contribution in [0.2, 0.25) is 0 Å². The molecule has 0 unspecified atom stereocenters. The highest BCUT2D eigenvalue weighted by atomic mass is 32.2. The first kappa shape index (κ1) is 17.8. The predicted molar refractivity (Wildman–Crippen MR) is 95.3 cm³/mol. The van der Waals surface area contributed by atoms with Gasteiger partial charge in [0, 0.05) is 5.56 Å². The molecule has 2 N–H and O–H groups in total. The molecule has 0 aliphatic rings. The van der Waals surface area contributed by atoms with E-state index in [0.717, 1.165) is 11.8 Å². The molecule has 2 rings (SSSR count). The van der Waals surface area contributed by atoms with Crippen LogP contribution >= 0.6 is 0 Å². The van der Waals surface area contributed by atoms with E-state index in [0.29, 0.717) is 28.3 Å². The van der Waals surface area contributed by atoms with Crippen LogP contribution in [0.3, 0.4) is 0 Å². The third-order valence-corrected chi connectivity index (χ3v) is 4.07. The number of benzene rings is 2. The van der Waals surface area contributed by atoms with Crippen molar-refractivity contribution >= 4 is 27.3 Å². The lowest BCUT2D eigenvalue weighted by Gasteiger charge is -2.14. The highest BCUT2D eigenvalue weighted by Crippen LogP contribution is 2.27. The maximum Gasteiger partial charge on any atom is 0.256 e. The van der Waals surface area contributed by atoms with Crippen LogP contribution in [0.25, 0.3) is 0 Å². The number of nitrogens with one attached hydrogen (secondary N) is 2. The molecule has 0 bridgehead atoms. The number of carbonyl (C=O) groups is 1. The van der Waals surface area contributed by atoms with E-state index in [1.54, 1.807) is 31.2 Å². The van der Waals surface area contributed by atoms with E-state index in [1.165, 1.54) is 7.11 Å². The summed E-state index contributed by atoms with van der Waals surface area (Å²) in [6, 6.07) is 10.4. The Bertz CT molecular complexity index is 876. The van der Waals surface area contributed by atoms with Gasteiger partial charge in [-0.1, -0.05) is 12.1 Å². The Morgan fingerprint density at radius 3 is 2.42 bits per heavy atom. The van der Waals surface area contributed by atoms with Crippen molar-refractivity contribution in [1.29, 1.82) is 0 Å². The normalized spacial score (nSPS) is 11.0. The molecule has 0 spiro atoms. The second kappa shape index (κ2) is 6.92. The van der Waals surface area contributed by atoms with Gasteiger partial charge in [-0.15, -0.1) is 0 Å². The average Bonchev–Trinajstić information content (AvgIpc) is 2.48. The van der Waals surface area contributed by atoms with E-state index in [4.69, 9.17) is 4.74 Å². The van der Waals surface area contributed by atoms with E-state index in [9.17, 15) is 13.2 Å². The van der Waals surface area contributed by atoms with Gasteiger partial charge in [-0.05, 0) is 49.2 Å². The Kier molecular flexibility index (Phi) is 5.14. The van der Waals surface area contributed by atoms with E-state index >= 15 is 0 Å². The molecule has 0 radical (unpaired) electrons. The molecule has 6 nitrogen and oxygen atoms in total. The van der Waals surface area contributed by atoms with Crippen LogP contribution in [0.1, 0.15) is 21.5 Å². The highest BCUT2D eigenvalue weighted by molar-refractivity contribution is 7.92. The first-order valence-electron chi connectivity index (χ1n) is 7.24. The van der Waals surface area contributed by atoms with Gasteiger partial charge in [-0.3, -0.25) is 9.52 Å². The fraction of sp³-hybridized carbons (Fsp3) is 0.235. The van der Waals surface area contributed by atoms with Crippen molar-refractivity contribution in [1.82, 2.24) is 0 Å². The zero-order valence-corrected chi connectivity index (χ0v) is 14.8. The van der Waals surface area contributed by atoms with Crippen LogP contribution in [0, 0.1) is 13.8 Å². The van der Waals surface area contributed by atoms with Crippen LogP contribution in [-0.2, 0) is 10.0 Å². The number of carbonyl (C=O) groups excluding carboxylic acids is 1. The first-order chi connectivity index (χ1) is 11.2. The summed E-state index contributed by atoms with van der Waals surface area (Å²) in [5.41, 5.74) is 2.85. The number of aryl methyl sites for hydroxylation is 1. The number of hydrogen-bond acceptors (Lipinski definition) is 4. The number of amides is 1. The number of sulfonamides is 1. The zero-order chi connectivity index (χ0) is 17.9. The maximum atomic E-state index is 12.6. The van der Waals surface area contributed by atoms with Gasteiger partial charge in [0.2, 0.25) is 10.0 Å². The summed E-state index contributed by atoms with van der Waals surface area (Å²) in [5.74, 6) is 0.213. The number of ether oxygens (including phenoxy) is 1. The van der Waals surface area contributed by atoms with Crippen LogP contribution in [0.5, 0.6) is 5.75 Å². The van der Waals surface area contributed by atoms with E-state index in [2.05, 4.69) is 10.0 Å². The minimum Gasteiger partial charge on any atom is -0.495 e. The number of hydrogen-bond donors (Lipinski definition) is 2. The van der Waals surface area contributed by atoms with Gasteiger partial charge in [0.05, 0.1) is 24.7 Å². The highest BCUT2D eigenvalue weighted by Gasteiger charge is 2.15. The molecule has 24 heavy (non-hydrogen) atoms. The Balaban J connectivity index is 2.34. The van der Waals surface area contributed by atoms with E-state index in [1.807, 2.05) is 19.1 Å². The average molecular weight is 348 g/mol. The van der Waals surface area contributed by atoms with Crippen LogP contribution in [-0.4, -0.2) is 27.7 Å². The van der Waals surface area contributed by atoms with Crippen LogP contribution in [0.15, 0.2) is 36.4 Å². The quantitative estimate of drug-likeness (QED) is 0.870. The molecule has 0 saturated carbocycles. The molecule has 0 atom stereocenters. The van der Waals surface area contributed by atoms with Crippen molar-refractivity contribution in [3.63, 3.8) is 0 Å². The molecule has 0 aliphatic heterocycles. The SMILES string of the molecule is COc1ccc(C)cc1NC(=O)c1cccc(NS(C)(=O)=O)c1C. The Labute approximate surface area is 141 Å². The molecule has 0 aromatic heterocycles. The summed E-state index contributed by atoms with van der Waals surface area (Å²) in [5, 5.41) is 2.81. The van der Waals surface area contributed by atoms with Crippen molar-refractivity contribution in [2.24, 2.45) is 0 Å². The summed E-state index contributed by atoms with van der Waals surface area (Å²) in [4.78, 5) is 12.6. The molecule has 0 aliphatic carbocycles. The zero-order valence-electron chi connectivity index (χ0n) is 14.0. The number of rotatable bonds is 5. The number of anilines is 2. The van der Waals surface area contributed by atoms with Crippen LogP contribution in [0.4, 0.5) is 11.4 Å². The van der Waals surface area contributed by atoms with Crippen molar-refractivity contribution in [3.8, 4) is 5.75 Å². The van der Waals surface area contributed by atoms with Gasteiger partial charge in [-0.25, -0.2) is 8.42 Å². The van der Waals surface area contributed by atoms with Crippen LogP contribution < -0.4 is 14.8 Å². The minimum atomic E-state index is -3.42. The molecule has 0 fully saturated rings. The van der Waals surface area contributed by atoms with Gasteiger partial charge >= 0.3 is 0 Å². The third-order valence-electron chi connectivity index (χ3n) is 3.48. The van der Waals surface area contributed by atoms with Crippen molar-refractivity contribution in [2.75, 3.05) is 23.4 Å². The smallest absolute Gasteiger partial charge is 0.256 e. The van der Waals surface area contributed by atoms with E-state index < -0.39 is 10.0 Å². The van der Waals surface area contributed by atoms with Gasteiger partial charge in [0.1, 0.15) is 5.75 Å².